The van der Waals surface area contributed by atoms with Gasteiger partial charge < -0.3 is 10.2 Å². The van der Waals surface area contributed by atoms with Crippen LogP contribution in [0.25, 0.3) is 0 Å². The standard InChI is InChI=1S/C21H28O2/c1-5-6-7-8-16-12-19(22)21(20(23)13-16)18-11-15(4)9-10-17(18)14(2)3/h5-6,11-13,17-18,22-23H,2,7-10H2,1,3-4H3/b6-5+. The van der Waals surface area contributed by atoms with Crippen LogP contribution in [0.3, 0.4) is 0 Å². The van der Waals surface area contributed by atoms with Crippen LogP contribution < -0.4 is 0 Å². The molecule has 2 unspecified atom stereocenters. The molecule has 1 aliphatic rings. The Hall–Kier alpha value is -1.96. The summed E-state index contributed by atoms with van der Waals surface area (Å²) in [7, 11) is 0. The van der Waals surface area contributed by atoms with Crippen LogP contribution in [0.5, 0.6) is 11.5 Å². The SMILES string of the molecule is C=C(C)C1CCC(C)=CC1c1c(O)cc(CC/C=C/C)cc1O. The molecular formula is C21H28O2. The van der Waals surface area contributed by atoms with Crippen LogP contribution in [0, 0.1) is 5.92 Å². The summed E-state index contributed by atoms with van der Waals surface area (Å²) >= 11 is 0. The molecule has 2 heteroatoms. The fourth-order valence-corrected chi connectivity index (χ4v) is 3.49. The summed E-state index contributed by atoms with van der Waals surface area (Å²) in [5.41, 5.74) is 4.02. The Balaban J connectivity index is 2.37. The molecule has 0 aromatic heterocycles. The van der Waals surface area contributed by atoms with E-state index in [0.717, 1.165) is 36.8 Å². The van der Waals surface area contributed by atoms with E-state index in [4.69, 9.17) is 0 Å². The predicted octanol–water partition coefficient (Wildman–Crippen LogP) is 5.62. The van der Waals surface area contributed by atoms with Crippen LogP contribution in [0.1, 0.15) is 57.1 Å². The monoisotopic (exact) mass is 312 g/mol. The van der Waals surface area contributed by atoms with Gasteiger partial charge in [-0.25, -0.2) is 0 Å². The second kappa shape index (κ2) is 7.54. The summed E-state index contributed by atoms with van der Waals surface area (Å²) in [4.78, 5) is 0. The Labute approximate surface area is 139 Å². The van der Waals surface area contributed by atoms with Crippen LogP contribution in [-0.2, 0) is 6.42 Å². The van der Waals surface area contributed by atoms with Gasteiger partial charge >= 0.3 is 0 Å². The molecule has 1 aromatic carbocycles. The summed E-state index contributed by atoms with van der Waals surface area (Å²) in [5.74, 6) is 0.667. The number of benzene rings is 1. The highest BCUT2D eigenvalue weighted by Gasteiger charge is 2.29. The first-order valence-corrected chi connectivity index (χ1v) is 8.42. The minimum Gasteiger partial charge on any atom is -0.507 e. The number of rotatable bonds is 5. The Morgan fingerprint density at radius 1 is 1.30 bits per heavy atom. The zero-order valence-electron chi connectivity index (χ0n) is 14.5. The zero-order valence-corrected chi connectivity index (χ0v) is 14.5. The predicted molar refractivity (Wildman–Crippen MR) is 96.9 cm³/mol. The van der Waals surface area contributed by atoms with E-state index >= 15 is 0 Å². The van der Waals surface area contributed by atoms with Crippen molar-refractivity contribution in [1.82, 2.24) is 0 Å². The molecule has 23 heavy (non-hydrogen) atoms. The van der Waals surface area contributed by atoms with Crippen molar-refractivity contribution in [2.24, 2.45) is 5.92 Å². The van der Waals surface area contributed by atoms with Gasteiger partial charge in [0.2, 0.25) is 0 Å². The van der Waals surface area contributed by atoms with Crippen molar-refractivity contribution in [2.45, 2.75) is 52.4 Å². The number of aryl methyl sites for hydroxylation is 1. The van der Waals surface area contributed by atoms with Crippen LogP contribution in [0.15, 0.2) is 48.1 Å². The normalized spacial score (nSPS) is 21.4. The number of hydrogen-bond acceptors (Lipinski definition) is 2. The van der Waals surface area contributed by atoms with Crippen LogP contribution in [0.2, 0.25) is 0 Å². The first kappa shape index (κ1) is 17.4. The van der Waals surface area contributed by atoms with E-state index < -0.39 is 0 Å². The van der Waals surface area contributed by atoms with Crippen molar-refractivity contribution in [3.8, 4) is 11.5 Å². The van der Waals surface area contributed by atoms with Crippen LogP contribution in [0.4, 0.5) is 0 Å². The molecule has 0 spiro atoms. The van der Waals surface area contributed by atoms with Gasteiger partial charge in [-0.3, -0.25) is 0 Å². The van der Waals surface area contributed by atoms with Gasteiger partial charge in [-0.2, -0.15) is 0 Å². The number of phenols is 2. The van der Waals surface area contributed by atoms with Gasteiger partial charge in [0, 0.05) is 11.5 Å². The first-order valence-electron chi connectivity index (χ1n) is 8.42. The fraction of sp³-hybridized carbons (Fsp3) is 0.429. The third-order valence-corrected chi connectivity index (χ3v) is 4.75. The minimum absolute atomic E-state index is 0.00541. The van der Waals surface area contributed by atoms with E-state index in [2.05, 4.69) is 25.7 Å². The Morgan fingerprint density at radius 3 is 2.52 bits per heavy atom. The van der Waals surface area contributed by atoms with Crippen LogP contribution in [-0.4, -0.2) is 10.2 Å². The second-order valence-corrected chi connectivity index (χ2v) is 6.69. The third-order valence-electron chi connectivity index (χ3n) is 4.75. The molecule has 124 valence electrons. The molecule has 2 rings (SSSR count). The molecule has 0 saturated carbocycles. The molecule has 0 saturated heterocycles. The highest BCUT2D eigenvalue weighted by molar-refractivity contribution is 5.51. The molecule has 0 amide bonds. The van der Waals surface area contributed by atoms with Gasteiger partial charge in [-0.15, -0.1) is 0 Å². The average Bonchev–Trinajstić information content (AvgIpc) is 2.46. The van der Waals surface area contributed by atoms with E-state index in [1.807, 2.05) is 19.9 Å². The largest absolute Gasteiger partial charge is 0.507 e. The molecule has 0 heterocycles. The number of hydrogen-bond donors (Lipinski definition) is 2. The molecule has 1 aromatic rings. The Bertz CT molecular complexity index is 614. The van der Waals surface area contributed by atoms with Crippen molar-refractivity contribution in [3.05, 3.63) is 59.2 Å². The molecule has 0 bridgehead atoms. The van der Waals surface area contributed by atoms with Gasteiger partial charge in [0.05, 0.1) is 0 Å². The fourth-order valence-electron chi connectivity index (χ4n) is 3.49. The number of phenolic OH excluding ortho intramolecular Hbond substituents is 2. The molecule has 0 aliphatic heterocycles. The summed E-state index contributed by atoms with van der Waals surface area (Å²) in [6.07, 6.45) is 10.1. The molecule has 0 fully saturated rings. The highest BCUT2D eigenvalue weighted by atomic mass is 16.3. The molecule has 2 nitrogen and oxygen atoms in total. The Kier molecular flexibility index (Phi) is 5.70. The Morgan fingerprint density at radius 2 is 1.96 bits per heavy atom. The lowest BCUT2D eigenvalue weighted by Gasteiger charge is -2.31. The van der Waals surface area contributed by atoms with Crippen molar-refractivity contribution >= 4 is 0 Å². The lowest BCUT2D eigenvalue weighted by Crippen LogP contribution is -2.17. The number of aromatic hydroxyl groups is 2. The van der Waals surface area contributed by atoms with E-state index in [9.17, 15) is 10.2 Å². The van der Waals surface area contributed by atoms with Gasteiger partial charge in [0.15, 0.2) is 0 Å². The van der Waals surface area contributed by atoms with Crippen molar-refractivity contribution < 1.29 is 10.2 Å². The lowest BCUT2D eigenvalue weighted by molar-refractivity contribution is 0.406. The molecule has 2 atom stereocenters. The molecular weight excluding hydrogens is 284 g/mol. The smallest absolute Gasteiger partial charge is 0.123 e. The lowest BCUT2D eigenvalue weighted by atomic mass is 9.73. The van der Waals surface area contributed by atoms with Crippen molar-refractivity contribution in [2.75, 3.05) is 0 Å². The average molecular weight is 312 g/mol. The summed E-state index contributed by atoms with van der Waals surface area (Å²) in [6.45, 7) is 10.2. The topological polar surface area (TPSA) is 40.5 Å². The maximum Gasteiger partial charge on any atom is 0.123 e. The molecule has 0 radical (unpaired) electrons. The van der Waals surface area contributed by atoms with E-state index in [1.165, 1.54) is 5.57 Å². The molecule has 2 N–H and O–H groups in total. The van der Waals surface area contributed by atoms with E-state index in [0.29, 0.717) is 5.56 Å². The van der Waals surface area contributed by atoms with E-state index in [-0.39, 0.29) is 23.3 Å². The van der Waals surface area contributed by atoms with Gasteiger partial charge in [-0.1, -0.05) is 36.0 Å². The first-order chi connectivity index (χ1) is 10.9. The number of allylic oxidation sites excluding steroid dienone is 5. The third kappa shape index (κ3) is 4.07. The summed E-state index contributed by atoms with van der Waals surface area (Å²) in [5, 5.41) is 21.1. The second-order valence-electron chi connectivity index (χ2n) is 6.69. The summed E-state index contributed by atoms with van der Waals surface area (Å²) < 4.78 is 0. The highest BCUT2D eigenvalue weighted by Crippen LogP contribution is 2.46. The summed E-state index contributed by atoms with van der Waals surface area (Å²) in [6, 6.07) is 3.59. The van der Waals surface area contributed by atoms with Gasteiger partial charge in [0.1, 0.15) is 11.5 Å². The zero-order chi connectivity index (χ0) is 17.0. The van der Waals surface area contributed by atoms with Crippen LogP contribution >= 0.6 is 0 Å². The quantitative estimate of drug-likeness (QED) is 0.692. The van der Waals surface area contributed by atoms with Crippen molar-refractivity contribution in [1.29, 1.82) is 0 Å². The minimum atomic E-state index is 0.00541. The molecule has 1 aliphatic carbocycles. The van der Waals surface area contributed by atoms with Gasteiger partial charge in [-0.05, 0) is 70.1 Å². The van der Waals surface area contributed by atoms with Crippen molar-refractivity contribution in [3.63, 3.8) is 0 Å². The maximum atomic E-state index is 10.5. The van der Waals surface area contributed by atoms with Gasteiger partial charge in [0.25, 0.3) is 0 Å². The maximum absolute atomic E-state index is 10.5. The van der Waals surface area contributed by atoms with E-state index in [1.54, 1.807) is 12.1 Å².